The van der Waals surface area contributed by atoms with E-state index in [2.05, 4.69) is 22.5 Å². The van der Waals surface area contributed by atoms with E-state index in [0.29, 0.717) is 27.7 Å². The Bertz CT molecular complexity index is 1360. The molecule has 33 heavy (non-hydrogen) atoms. The number of amides is 1. The number of aromatic hydroxyl groups is 1. The number of carbonyl (C=O) groups excluding carboxylic acids is 1. The molecule has 1 heterocycles. The number of hydrogen-bond donors (Lipinski definition) is 3. The fourth-order valence-electron chi connectivity index (χ4n) is 3.15. The molecule has 4 aromatic rings. The van der Waals surface area contributed by atoms with Crippen molar-refractivity contribution in [2.75, 3.05) is 5.32 Å². The first-order valence-corrected chi connectivity index (χ1v) is 11.0. The molecule has 166 valence electrons. The van der Waals surface area contributed by atoms with Gasteiger partial charge < -0.3 is 14.8 Å². The maximum Gasteiger partial charge on any atom is 0.250 e. The zero-order valence-electron chi connectivity index (χ0n) is 17.6. The van der Waals surface area contributed by atoms with Crippen molar-refractivity contribution >= 4 is 57.7 Å². The molecule has 1 aromatic heterocycles. The minimum atomic E-state index is -0.382. The van der Waals surface area contributed by atoms with Crippen LogP contribution in [0, 0.1) is 0 Å². The van der Waals surface area contributed by atoms with Crippen LogP contribution in [0.25, 0.3) is 28.6 Å². The third-order valence-electron chi connectivity index (χ3n) is 4.88. The van der Waals surface area contributed by atoms with Gasteiger partial charge in [0, 0.05) is 16.8 Å². The van der Waals surface area contributed by atoms with E-state index in [0.717, 1.165) is 23.1 Å². The van der Waals surface area contributed by atoms with Crippen molar-refractivity contribution in [2.24, 2.45) is 0 Å². The first-order chi connectivity index (χ1) is 15.9. The van der Waals surface area contributed by atoms with Gasteiger partial charge in [-0.15, -0.1) is 0 Å². The minimum Gasteiger partial charge on any atom is -0.507 e. The van der Waals surface area contributed by atoms with Crippen LogP contribution >= 0.6 is 23.8 Å². The van der Waals surface area contributed by atoms with Crippen LogP contribution in [0.4, 0.5) is 5.69 Å². The highest BCUT2D eigenvalue weighted by Gasteiger charge is 2.14. The summed E-state index contributed by atoms with van der Waals surface area (Å²) in [6, 6.07) is 17.7. The predicted octanol–water partition coefficient (Wildman–Crippen LogP) is 5.94. The first kappa shape index (κ1) is 22.5. The molecule has 0 bridgehead atoms. The lowest BCUT2D eigenvalue weighted by molar-refractivity contribution is -0.115. The number of anilines is 1. The fourth-order valence-corrected chi connectivity index (χ4v) is 3.50. The van der Waals surface area contributed by atoms with Crippen molar-refractivity contribution in [3.8, 4) is 17.2 Å². The maximum atomic E-state index is 12.2. The smallest absolute Gasteiger partial charge is 0.250 e. The average molecular weight is 478 g/mol. The SMILES string of the molecule is CCc1ccc2oc(-c3cc(NC(=S)NC(=O)/C=C/c4ccc(Cl)cc4)ccc3O)nc2c1. The maximum absolute atomic E-state index is 12.2. The van der Waals surface area contributed by atoms with Crippen LogP contribution in [0.15, 0.2) is 71.2 Å². The summed E-state index contributed by atoms with van der Waals surface area (Å²) in [7, 11) is 0. The van der Waals surface area contributed by atoms with Crippen LogP contribution in [0.3, 0.4) is 0 Å². The number of benzene rings is 3. The summed E-state index contributed by atoms with van der Waals surface area (Å²) in [4.78, 5) is 16.7. The highest BCUT2D eigenvalue weighted by atomic mass is 35.5. The Morgan fingerprint density at radius 2 is 1.94 bits per heavy atom. The lowest BCUT2D eigenvalue weighted by atomic mass is 10.1. The largest absolute Gasteiger partial charge is 0.507 e. The van der Waals surface area contributed by atoms with Crippen molar-refractivity contribution in [1.82, 2.24) is 10.3 Å². The molecular formula is C25H20ClN3O3S. The van der Waals surface area contributed by atoms with Crippen molar-refractivity contribution in [3.05, 3.63) is 82.9 Å². The van der Waals surface area contributed by atoms with Crippen LogP contribution in [-0.2, 0) is 11.2 Å². The van der Waals surface area contributed by atoms with Crippen molar-refractivity contribution < 1.29 is 14.3 Å². The van der Waals surface area contributed by atoms with Crippen molar-refractivity contribution in [1.29, 1.82) is 0 Å². The molecule has 0 saturated carbocycles. The number of fused-ring (bicyclic) bond motifs is 1. The van der Waals surface area contributed by atoms with Crippen molar-refractivity contribution in [2.45, 2.75) is 13.3 Å². The summed E-state index contributed by atoms with van der Waals surface area (Å²) in [5.74, 6) is -0.0731. The zero-order valence-corrected chi connectivity index (χ0v) is 19.2. The number of oxazole rings is 1. The fraction of sp³-hybridized carbons (Fsp3) is 0.0800. The molecule has 0 radical (unpaired) electrons. The molecule has 0 unspecified atom stereocenters. The van der Waals surface area contributed by atoms with E-state index >= 15 is 0 Å². The minimum absolute atomic E-state index is 0.0173. The summed E-state index contributed by atoms with van der Waals surface area (Å²) in [5, 5.41) is 16.6. The van der Waals surface area contributed by atoms with Gasteiger partial charge in [0.25, 0.3) is 0 Å². The Hall–Kier alpha value is -3.68. The van der Waals surface area contributed by atoms with Gasteiger partial charge in [0.15, 0.2) is 10.7 Å². The number of aromatic nitrogens is 1. The van der Waals surface area contributed by atoms with Gasteiger partial charge in [-0.1, -0.05) is 36.7 Å². The lowest BCUT2D eigenvalue weighted by Crippen LogP contribution is -2.32. The highest BCUT2D eigenvalue weighted by molar-refractivity contribution is 7.80. The molecule has 6 nitrogen and oxygen atoms in total. The number of carbonyl (C=O) groups is 1. The summed E-state index contributed by atoms with van der Waals surface area (Å²) in [6.07, 6.45) is 3.92. The van der Waals surface area contributed by atoms with Gasteiger partial charge in [-0.25, -0.2) is 4.98 Å². The van der Waals surface area contributed by atoms with E-state index < -0.39 is 0 Å². The number of phenolic OH excluding ortho intramolecular Hbond substituents is 1. The summed E-state index contributed by atoms with van der Waals surface area (Å²) < 4.78 is 5.82. The standard InChI is InChI=1S/C25H20ClN3O3S/c1-2-15-5-11-22-20(13-15)28-24(32-22)19-14-18(9-10-21(19)30)27-25(33)29-23(31)12-6-16-3-7-17(26)8-4-16/h3-14,30H,2H2,1H3,(H2,27,29,31,33)/b12-6+. The molecule has 4 rings (SSSR count). The Morgan fingerprint density at radius 3 is 2.70 bits per heavy atom. The summed E-state index contributed by atoms with van der Waals surface area (Å²) in [6.45, 7) is 2.07. The third-order valence-corrected chi connectivity index (χ3v) is 5.34. The van der Waals surface area contributed by atoms with Crippen LogP contribution in [0.2, 0.25) is 5.02 Å². The number of nitrogens with zero attached hydrogens (tertiary/aromatic N) is 1. The van der Waals surface area contributed by atoms with Gasteiger partial charge in [-0.3, -0.25) is 10.1 Å². The molecule has 0 aliphatic carbocycles. The Morgan fingerprint density at radius 1 is 1.15 bits per heavy atom. The monoisotopic (exact) mass is 477 g/mol. The second-order valence-electron chi connectivity index (χ2n) is 7.23. The average Bonchev–Trinajstić information content (AvgIpc) is 3.23. The summed E-state index contributed by atoms with van der Waals surface area (Å²) >= 11 is 11.1. The third kappa shape index (κ3) is 5.58. The number of rotatable bonds is 5. The van der Waals surface area contributed by atoms with E-state index in [1.165, 1.54) is 12.1 Å². The topological polar surface area (TPSA) is 87.4 Å². The molecule has 0 spiro atoms. The van der Waals surface area contributed by atoms with Gasteiger partial charge in [-0.2, -0.15) is 0 Å². The normalized spacial score (nSPS) is 11.1. The molecule has 8 heteroatoms. The number of phenols is 1. The van der Waals surface area contributed by atoms with Gasteiger partial charge in [0.05, 0.1) is 5.56 Å². The number of aryl methyl sites for hydroxylation is 1. The molecule has 3 aromatic carbocycles. The van der Waals surface area contributed by atoms with Gasteiger partial charge >= 0.3 is 0 Å². The molecule has 1 amide bonds. The Labute approximate surface area is 200 Å². The molecule has 0 fully saturated rings. The lowest BCUT2D eigenvalue weighted by Gasteiger charge is -2.10. The van der Waals surface area contributed by atoms with Crippen LogP contribution in [0.1, 0.15) is 18.1 Å². The van der Waals surface area contributed by atoms with E-state index in [1.54, 1.807) is 42.5 Å². The van der Waals surface area contributed by atoms with Gasteiger partial charge in [0.2, 0.25) is 11.8 Å². The predicted molar refractivity (Wildman–Crippen MR) is 135 cm³/mol. The van der Waals surface area contributed by atoms with E-state index in [-0.39, 0.29) is 16.8 Å². The second-order valence-corrected chi connectivity index (χ2v) is 8.08. The number of nitrogens with one attached hydrogen (secondary N) is 2. The van der Waals surface area contributed by atoms with Gasteiger partial charge in [-0.05, 0) is 78.3 Å². The molecule has 3 N–H and O–H groups in total. The first-order valence-electron chi connectivity index (χ1n) is 10.2. The van der Waals surface area contributed by atoms with Crippen LogP contribution in [0.5, 0.6) is 5.75 Å². The highest BCUT2D eigenvalue weighted by Crippen LogP contribution is 2.33. The number of thiocarbonyl (C=S) groups is 1. The number of hydrogen-bond acceptors (Lipinski definition) is 5. The summed E-state index contributed by atoms with van der Waals surface area (Å²) in [5.41, 5.74) is 4.30. The van der Waals surface area contributed by atoms with Gasteiger partial charge in [0.1, 0.15) is 11.3 Å². The molecule has 0 atom stereocenters. The molecule has 0 saturated heterocycles. The quantitative estimate of drug-likeness (QED) is 0.187. The zero-order chi connectivity index (χ0) is 23.4. The number of halogens is 1. The van der Waals surface area contributed by atoms with E-state index in [4.69, 9.17) is 28.2 Å². The molecule has 0 aliphatic heterocycles. The van der Waals surface area contributed by atoms with Crippen LogP contribution < -0.4 is 10.6 Å². The van der Waals surface area contributed by atoms with E-state index in [9.17, 15) is 9.90 Å². The van der Waals surface area contributed by atoms with E-state index in [1.807, 2.05) is 18.2 Å². The Balaban J connectivity index is 1.45. The molecule has 0 aliphatic rings. The van der Waals surface area contributed by atoms with Crippen LogP contribution in [-0.4, -0.2) is 21.1 Å². The Kier molecular flexibility index (Phi) is 6.72. The van der Waals surface area contributed by atoms with Crippen molar-refractivity contribution in [3.63, 3.8) is 0 Å². The molecular weight excluding hydrogens is 458 g/mol. The second kappa shape index (κ2) is 9.85.